The molecule has 2 aromatic heterocycles. The summed E-state index contributed by atoms with van der Waals surface area (Å²) < 4.78 is 6.85. The fourth-order valence-electron chi connectivity index (χ4n) is 2.18. The number of hydrogen-bond donors (Lipinski definition) is 0. The third-order valence-electron chi connectivity index (χ3n) is 3.40. The summed E-state index contributed by atoms with van der Waals surface area (Å²) in [5, 5.41) is 0. The zero-order valence-corrected chi connectivity index (χ0v) is 13.9. The number of hydrogen-bond acceptors (Lipinski definition) is 4. The predicted octanol–water partition coefficient (Wildman–Crippen LogP) is 2.83. The van der Waals surface area contributed by atoms with E-state index in [0.717, 1.165) is 11.3 Å². The van der Waals surface area contributed by atoms with Crippen LogP contribution in [0.5, 0.6) is 0 Å². The van der Waals surface area contributed by atoms with E-state index >= 15 is 0 Å². The van der Waals surface area contributed by atoms with Crippen molar-refractivity contribution < 1.29 is 9.53 Å². The van der Waals surface area contributed by atoms with Crippen molar-refractivity contribution in [1.29, 1.82) is 0 Å². The Morgan fingerprint density at radius 3 is 2.73 bits per heavy atom. The van der Waals surface area contributed by atoms with Crippen LogP contribution in [0.15, 0.2) is 37.1 Å². The molecule has 1 saturated heterocycles. The molecule has 0 spiro atoms. The number of carbonyl (C=O) groups is 1. The summed E-state index contributed by atoms with van der Waals surface area (Å²) in [6, 6.07) is 3.62. The van der Waals surface area contributed by atoms with Crippen LogP contribution in [0.2, 0.25) is 0 Å². The van der Waals surface area contributed by atoms with Crippen molar-refractivity contribution in [1.82, 2.24) is 19.4 Å². The Morgan fingerprint density at radius 1 is 1.36 bits per heavy atom. The molecule has 0 bridgehead atoms. The lowest BCUT2D eigenvalue weighted by Gasteiger charge is -2.28. The first-order chi connectivity index (χ1) is 9.58. The second-order valence-electron chi connectivity index (χ2n) is 5.41. The van der Waals surface area contributed by atoms with Crippen LogP contribution in [-0.4, -0.2) is 44.3 Å². The molecular weight excluding hydrogens is 327 g/mol. The van der Waals surface area contributed by atoms with Crippen LogP contribution in [0.1, 0.15) is 13.8 Å². The fourth-order valence-corrected chi connectivity index (χ4v) is 2.18. The lowest BCUT2D eigenvalue weighted by molar-refractivity contribution is 0.140. The molecule has 1 amide bonds. The van der Waals surface area contributed by atoms with Gasteiger partial charge in [0.15, 0.2) is 0 Å². The molecular formula is C14H18Cl2N4O2. The summed E-state index contributed by atoms with van der Waals surface area (Å²) in [7, 11) is 0. The van der Waals surface area contributed by atoms with Gasteiger partial charge in [-0.05, 0) is 26.0 Å². The van der Waals surface area contributed by atoms with Crippen LogP contribution in [0.25, 0.3) is 11.3 Å². The molecule has 0 radical (unpaired) electrons. The van der Waals surface area contributed by atoms with E-state index in [9.17, 15) is 4.79 Å². The topological polar surface area (TPSA) is 60.2 Å². The molecule has 1 aliphatic heterocycles. The van der Waals surface area contributed by atoms with Crippen molar-refractivity contribution >= 4 is 30.8 Å². The molecule has 1 fully saturated rings. The smallest absolute Gasteiger partial charge is 0.331 e. The predicted molar refractivity (Wildman–Crippen MR) is 87.5 cm³/mol. The van der Waals surface area contributed by atoms with Gasteiger partial charge in [0.1, 0.15) is 13.1 Å². The molecule has 2 aromatic rings. The number of pyridine rings is 1. The highest BCUT2D eigenvalue weighted by Crippen LogP contribution is 2.23. The third-order valence-corrected chi connectivity index (χ3v) is 3.40. The van der Waals surface area contributed by atoms with Gasteiger partial charge < -0.3 is 4.74 Å². The van der Waals surface area contributed by atoms with Gasteiger partial charge in [-0.15, -0.1) is 24.8 Å². The molecule has 3 rings (SSSR count). The minimum absolute atomic E-state index is 0. The molecule has 0 aromatic carbocycles. The van der Waals surface area contributed by atoms with Gasteiger partial charge in [0.25, 0.3) is 0 Å². The first kappa shape index (κ1) is 18.4. The maximum absolute atomic E-state index is 12.5. The molecule has 22 heavy (non-hydrogen) atoms. The molecule has 0 N–H and O–H groups in total. The maximum Gasteiger partial charge on any atom is 0.331 e. The van der Waals surface area contributed by atoms with Crippen molar-refractivity contribution in [2.75, 3.05) is 13.3 Å². The van der Waals surface area contributed by atoms with Crippen LogP contribution >= 0.6 is 24.8 Å². The standard InChI is InChI=1S/C14H16N4O2.2ClH/c1-14(2)8-20-10-18(14)13(19)17-7-12(16-9-17)11-4-3-5-15-6-11;;/h3-7,9H,8,10H2,1-2H3;2*1H. The summed E-state index contributed by atoms with van der Waals surface area (Å²) in [6.07, 6.45) is 6.67. The highest BCUT2D eigenvalue weighted by molar-refractivity contribution is 5.85. The lowest BCUT2D eigenvalue weighted by atomic mass is 10.1. The first-order valence-electron chi connectivity index (χ1n) is 6.42. The molecule has 0 saturated carbocycles. The number of amides is 1. The maximum atomic E-state index is 12.5. The highest BCUT2D eigenvalue weighted by Gasteiger charge is 2.37. The van der Waals surface area contributed by atoms with Gasteiger partial charge in [-0.2, -0.15) is 0 Å². The van der Waals surface area contributed by atoms with Gasteiger partial charge in [-0.3, -0.25) is 14.5 Å². The SMILES string of the molecule is CC1(C)COCN1C(=O)n1cnc(-c2cccnc2)c1.Cl.Cl. The Morgan fingerprint density at radius 2 is 2.14 bits per heavy atom. The quantitative estimate of drug-likeness (QED) is 0.797. The fraction of sp³-hybridized carbons (Fsp3) is 0.357. The number of carbonyl (C=O) groups excluding carboxylic acids is 1. The van der Waals surface area contributed by atoms with E-state index in [1.807, 2.05) is 26.0 Å². The van der Waals surface area contributed by atoms with E-state index in [0.29, 0.717) is 13.3 Å². The van der Waals surface area contributed by atoms with E-state index in [2.05, 4.69) is 9.97 Å². The van der Waals surface area contributed by atoms with Gasteiger partial charge in [0.2, 0.25) is 0 Å². The number of ether oxygens (including phenoxy) is 1. The van der Waals surface area contributed by atoms with E-state index in [-0.39, 0.29) is 36.4 Å². The van der Waals surface area contributed by atoms with Crippen LogP contribution in [0.3, 0.4) is 0 Å². The van der Waals surface area contributed by atoms with Crippen molar-refractivity contribution in [3.05, 3.63) is 37.1 Å². The molecule has 0 aliphatic carbocycles. The van der Waals surface area contributed by atoms with Crippen molar-refractivity contribution in [2.45, 2.75) is 19.4 Å². The molecule has 0 unspecified atom stereocenters. The average molecular weight is 345 g/mol. The van der Waals surface area contributed by atoms with Crippen LogP contribution in [-0.2, 0) is 4.74 Å². The Kier molecular flexibility index (Phi) is 5.93. The Balaban J connectivity index is 0.00000121. The molecule has 3 heterocycles. The molecule has 0 atom stereocenters. The van der Waals surface area contributed by atoms with E-state index in [1.54, 1.807) is 23.5 Å². The number of imidazole rings is 1. The number of halogens is 2. The van der Waals surface area contributed by atoms with Gasteiger partial charge in [-0.25, -0.2) is 9.78 Å². The number of aromatic nitrogens is 3. The Bertz CT molecular complexity index is 631. The van der Waals surface area contributed by atoms with Crippen molar-refractivity contribution in [3.8, 4) is 11.3 Å². The first-order valence-corrected chi connectivity index (χ1v) is 6.42. The Hall–Kier alpha value is -1.63. The molecule has 120 valence electrons. The summed E-state index contributed by atoms with van der Waals surface area (Å²) >= 11 is 0. The van der Waals surface area contributed by atoms with Gasteiger partial charge in [0, 0.05) is 24.2 Å². The Labute approximate surface area is 141 Å². The lowest BCUT2D eigenvalue weighted by Crippen LogP contribution is -2.45. The van der Waals surface area contributed by atoms with E-state index < -0.39 is 0 Å². The minimum Gasteiger partial charge on any atom is -0.359 e. The normalized spacial score (nSPS) is 15.8. The second kappa shape index (κ2) is 7.09. The largest absolute Gasteiger partial charge is 0.359 e. The zero-order valence-electron chi connectivity index (χ0n) is 12.3. The van der Waals surface area contributed by atoms with Crippen molar-refractivity contribution in [2.24, 2.45) is 0 Å². The average Bonchev–Trinajstić information content (AvgIpc) is 3.05. The molecule has 1 aliphatic rings. The van der Waals surface area contributed by atoms with Gasteiger partial charge >= 0.3 is 6.03 Å². The van der Waals surface area contributed by atoms with Gasteiger partial charge in [-0.1, -0.05) is 0 Å². The zero-order chi connectivity index (χ0) is 14.2. The summed E-state index contributed by atoms with van der Waals surface area (Å²) in [6.45, 7) is 4.82. The molecule has 6 nitrogen and oxygen atoms in total. The van der Waals surface area contributed by atoms with Gasteiger partial charge in [0.05, 0.1) is 17.8 Å². The third kappa shape index (κ3) is 3.40. The second-order valence-corrected chi connectivity index (χ2v) is 5.41. The number of nitrogens with zero attached hydrogens (tertiary/aromatic N) is 4. The summed E-state index contributed by atoms with van der Waals surface area (Å²) in [5.41, 5.74) is 1.32. The van der Waals surface area contributed by atoms with Crippen LogP contribution < -0.4 is 0 Å². The van der Waals surface area contributed by atoms with Crippen molar-refractivity contribution in [3.63, 3.8) is 0 Å². The van der Waals surface area contributed by atoms with Crippen LogP contribution in [0, 0.1) is 0 Å². The minimum atomic E-state index is -0.296. The highest BCUT2D eigenvalue weighted by atomic mass is 35.5. The summed E-state index contributed by atoms with van der Waals surface area (Å²) in [4.78, 5) is 22.5. The molecule has 8 heteroatoms. The van der Waals surface area contributed by atoms with Crippen LogP contribution in [0.4, 0.5) is 4.79 Å². The number of rotatable bonds is 1. The monoisotopic (exact) mass is 344 g/mol. The summed E-state index contributed by atoms with van der Waals surface area (Å²) in [5.74, 6) is 0. The van der Waals surface area contributed by atoms with E-state index in [4.69, 9.17) is 4.74 Å². The van der Waals surface area contributed by atoms with E-state index in [1.165, 1.54) is 10.9 Å².